The number of hydrogen-bond donors (Lipinski definition) is 0. The van der Waals surface area contributed by atoms with Crippen molar-refractivity contribution in [1.29, 1.82) is 0 Å². The SMILES string of the molecule is c1ccc(-c2cc(-c3cccc(-c4nc(-c5ccccc5)c5sc6ccccc6c5n4)c3)nc(-c3cccc(-c4cc5ccccc5c5ccccc45)c3)c2)cc1. The van der Waals surface area contributed by atoms with Crippen LogP contribution in [0.5, 0.6) is 0 Å². The van der Waals surface area contributed by atoms with E-state index in [2.05, 4.69) is 194 Å². The first-order valence-corrected chi connectivity index (χ1v) is 20.0. The summed E-state index contributed by atoms with van der Waals surface area (Å²) in [5.41, 5.74) is 12.4. The van der Waals surface area contributed by atoms with Crippen LogP contribution in [-0.2, 0) is 0 Å². The minimum absolute atomic E-state index is 0.696. The molecule has 0 bridgehead atoms. The highest BCUT2D eigenvalue weighted by molar-refractivity contribution is 7.26. The third kappa shape index (κ3) is 5.95. The quantitative estimate of drug-likeness (QED) is 0.159. The van der Waals surface area contributed by atoms with Crippen LogP contribution in [0.25, 0.3) is 109 Å². The number of pyridine rings is 1. The Morgan fingerprint density at radius 1 is 0.333 bits per heavy atom. The van der Waals surface area contributed by atoms with Gasteiger partial charge in [0.2, 0.25) is 0 Å². The van der Waals surface area contributed by atoms with Gasteiger partial charge in [0.25, 0.3) is 0 Å². The summed E-state index contributed by atoms with van der Waals surface area (Å²) in [5, 5.41) is 6.14. The molecule has 266 valence electrons. The predicted molar refractivity (Wildman–Crippen MR) is 240 cm³/mol. The van der Waals surface area contributed by atoms with Crippen molar-refractivity contribution in [2.75, 3.05) is 0 Å². The molecule has 11 rings (SSSR count). The van der Waals surface area contributed by atoms with Crippen LogP contribution in [-0.4, -0.2) is 15.0 Å². The Kier molecular flexibility index (Phi) is 8.01. The fourth-order valence-corrected chi connectivity index (χ4v) is 9.25. The van der Waals surface area contributed by atoms with Gasteiger partial charge in [-0.3, -0.25) is 0 Å². The van der Waals surface area contributed by atoms with Gasteiger partial charge in [-0.1, -0.05) is 164 Å². The van der Waals surface area contributed by atoms with Crippen LogP contribution in [0.2, 0.25) is 0 Å². The van der Waals surface area contributed by atoms with E-state index in [0.29, 0.717) is 5.82 Å². The second-order valence-electron chi connectivity index (χ2n) is 14.4. The van der Waals surface area contributed by atoms with Crippen LogP contribution in [0.1, 0.15) is 0 Å². The Morgan fingerprint density at radius 3 is 1.65 bits per heavy atom. The monoisotopic (exact) mass is 743 g/mol. The van der Waals surface area contributed by atoms with E-state index in [-0.39, 0.29) is 0 Å². The molecule has 57 heavy (non-hydrogen) atoms. The van der Waals surface area contributed by atoms with E-state index in [9.17, 15) is 0 Å². The zero-order valence-corrected chi connectivity index (χ0v) is 31.6. The summed E-state index contributed by atoms with van der Waals surface area (Å²) in [4.78, 5) is 15.9. The van der Waals surface area contributed by atoms with Crippen LogP contribution < -0.4 is 0 Å². The third-order valence-electron chi connectivity index (χ3n) is 10.9. The minimum atomic E-state index is 0.696. The molecule has 3 aromatic heterocycles. The van der Waals surface area contributed by atoms with Gasteiger partial charge >= 0.3 is 0 Å². The Morgan fingerprint density at radius 2 is 0.895 bits per heavy atom. The number of fused-ring (bicyclic) bond motifs is 6. The van der Waals surface area contributed by atoms with Gasteiger partial charge in [-0.2, -0.15) is 0 Å². The highest BCUT2D eigenvalue weighted by atomic mass is 32.1. The molecule has 0 aliphatic carbocycles. The second-order valence-corrected chi connectivity index (χ2v) is 15.4. The molecule has 0 aliphatic heterocycles. The average molecular weight is 744 g/mol. The summed E-state index contributed by atoms with van der Waals surface area (Å²) in [6.45, 7) is 0. The summed E-state index contributed by atoms with van der Waals surface area (Å²) in [7, 11) is 0. The summed E-state index contributed by atoms with van der Waals surface area (Å²) < 4.78 is 2.31. The Hall–Kier alpha value is -7.27. The lowest BCUT2D eigenvalue weighted by Crippen LogP contribution is -1.95. The second kappa shape index (κ2) is 13.8. The molecular weight excluding hydrogens is 711 g/mol. The lowest BCUT2D eigenvalue weighted by atomic mass is 9.92. The molecular formula is C53H33N3S. The maximum atomic E-state index is 5.39. The molecule has 0 atom stereocenters. The van der Waals surface area contributed by atoms with Gasteiger partial charge in [0.1, 0.15) is 0 Å². The molecule has 0 fully saturated rings. The van der Waals surface area contributed by atoms with Crippen molar-refractivity contribution in [2.45, 2.75) is 0 Å². The van der Waals surface area contributed by atoms with E-state index in [1.807, 2.05) is 6.07 Å². The average Bonchev–Trinajstić information content (AvgIpc) is 3.68. The predicted octanol–water partition coefficient (Wildman–Crippen LogP) is 14.5. The number of hydrogen-bond acceptors (Lipinski definition) is 4. The van der Waals surface area contributed by atoms with E-state index in [1.165, 1.54) is 31.8 Å². The molecule has 3 heterocycles. The molecule has 0 saturated carbocycles. The zero-order valence-electron chi connectivity index (χ0n) is 30.8. The molecule has 11 aromatic rings. The maximum absolute atomic E-state index is 5.39. The van der Waals surface area contributed by atoms with E-state index in [0.717, 1.165) is 71.6 Å². The molecule has 0 aliphatic rings. The summed E-state index contributed by atoms with van der Waals surface area (Å²) >= 11 is 1.75. The van der Waals surface area contributed by atoms with Crippen molar-refractivity contribution >= 4 is 53.2 Å². The first-order valence-electron chi connectivity index (χ1n) is 19.2. The lowest BCUT2D eigenvalue weighted by Gasteiger charge is -2.14. The number of thiophene rings is 1. The molecule has 0 spiro atoms. The summed E-state index contributed by atoms with van der Waals surface area (Å²) in [5.74, 6) is 0.696. The van der Waals surface area contributed by atoms with E-state index >= 15 is 0 Å². The Bertz CT molecular complexity index is 3300. The lowest BCUT2D eigenvalue weighted by molar-refractivity contribution is 1.24. The van der Waals surface area contributed by atoms with Crippen molar-refractivity contribution in [3.05, 3.63) is 200 Å². The normalized spacial score (nSPS) is 11.5. The minimum Gasteiger partial charge on any atom is -0.248 e. The first-order chi connectivity index (χ1) is 28.2. The summed E-state index contributed by atoms with van der Waals surface area (Å²) in [6, 6.07) is 70.9. The van der Waals surface area contributed by atoms with Gasteiger partial charge in [0, 0.05) is 32.3 Å². The van der Waals surface area contributed by atoms with Crippen molar-refractivity contribution in [2.24, 2.45) is 0 Å². The van der Waals surface area contributed by atoms with Gasteiger partial charge in [-0.25, -0.2) is 15.0 Å². The van der Waals surface area contributed by atoms with Crippen molar-refractivity contribution in [3.63, 3.8) is 0 Å². The first kappa shape index (κ1) is 33.1. The van der Waals surface area contributed by atoms with Crippen molar-refractivity contribution in [1.82, 2.24) is 15.0 Å². The number of benzene rings is 8. The van der Waals surface area contributed by atoms with Crippen molar-refractivity contribution < 1.29 is 0 Å². The van der Waals surface area contributed by atoms with Crippen LogP contribution in [0.3, 0.4) is 0 Å². The molecule has 0 radical (unpaired) electrons. The van der Waals surface area contributed by atoms with E-state index in [4.69, 9.17) is 15.0 Å². The summed E-state index contributed by atoms with van der Waals surface area (Å²) in [6.07, 6.45) is 0. The number of nitrogens with zero attached hydrogens (tertiary/aromatic N) is 3. The van der Waals surface area contributed by atoms with E-state index < -0.39 is 0 Å². The Labute approximate surface area is 334 Å². The smallest absolute Gasteiger partial charge is 0.160 e. The number of rotatable bonds is 6. The fraction of sp³-hybridized carbons (Fsp3) is 0. The maximum Gasteiger partial charge on any atom is 0.160 e. The van der Waals surface area contributed by atoms with Gasteiger partial charge in [0.05, 0.1) is 27.3 Å². The number of aromatic nitrogens is 3. The van der Waals surface area contributed by atoms with E-state index in [1.54, 1.807) is 11.3 Å². The molecule has 4 heteroatoms. The highest BCUT2D eigenvalue weighted by Crippen LogP contribution is 2.41. The Balaban J connectivity index is 1.07. The molecule has 0 saturated heterocycles. The molecule has 0 unspecified atom stereocenters. The standard InChI is InChI=1S/C53H33N3S/c1-3-15-34(16-4-1)41-32-47(38-21-13-20-36(29-38)46-31-37-19-7-8-24-42(37)43-25-9-10-26-44(43)46)54-48(33-41)39-22-14-23-40(30-39)53-55-50(35-17-5-2-6-18-35)52-51(56-53)45-27-11-12-28-49(45)57-52/h1-33H. The van der Waals surface area contributed by atoms with Crippen LogP contribution in [0, 0.1) is 0 Å². The highest BCUT2D eigenvalue weighted by Gasteiger charge is 2.18. The molecule has 8 aromatic carbocycles. The topological polar surface area (TPSA) is 38.7 Å². The third-order valence-corrected chi connectivity index (χ3v) is 12.0. The molecule has 0 N–H and O–H groups in total. The van der Waals surface area contributed by atoms with Gasteiger partial charge in [0.15, 0.2) is 5.82 Å². The van der Waals surface area contributed by atoms with Crippen molar-refractivity contribution in [3.8, 4) is 67.4 Å². The van der Waals surface area contributed by atoms with Crippen LogP contribution >= 0.6 is 11.3 Å². The zero-order chi connectivity index (χ0) is 37.7. The largest absolute Gasteiger partial charge is 0.248 e. The van der Waals surface area contributed by atoms with Gasteiger partial charge in [-0.15, -0.1) is 11.3 Å². The fourth-order valence-electron chi connectivity index (χ4n) is 8.09. The molecule has 3 nitrogen and oxygen atoms in total. The van der Waals surface area contributed by atoms with Crippen LogP contribution in [0.4, 0.5) is 0 Å². The van der Waals surface area contributed by atoms with Gasteiger partial charge < -0.3 is 0 Å². The van der Waals surface area contributed by atoms with Crippen LogP contribution in [0.15, 0.2) is 200 Å². The molecule has 0 amide bonds. The van der Waals surface area contributed by atoms with Gasteiger partial charge in [-0.05, 0) is 80.2 Å².